The van der Waals surface area contributed by atoms with Crippen LogP contribution in [0.2, 0.25) is 0 Å². The molecule has 0 aliphatic carbocycles. The monoisotopic (exact) mass is 340 g/mol. The number of fused-ring (bicyclic) bond motifs is 1. The lowest BCUT2D eigenvalue weighted by molar-refractivity contribution is 0.547. The number of hydrogen-bond donors (Lipinski definition) is 1. The maximum absolute atomic E-state index is 12.7. The minimum atomic E-state index is -3.60. The van der Waals surface area contributed by atoms with Crippen LogP contribution >= 0.6 is 0 Å². The Bertz CT molecular complexity index is 919. The number of nitrogens with zero attached hydrogens (tertiary/aromatic N) is 1. The van der Waals surface area contributed by atoms with Gasteiger partial charge in [-0.1, -0.05) is 48.5 Å². The van der Waals surface area contributed by atoms with Gasteiger partial charge in [0.2, 0.25) is 10.0 Å². The van der Waals surface area contributed by atoms with Gasteiger partial charge in [0, 0.05) is 17.6 Å². The molecular formula is C19H20N2O2S. The lowest BCUT2D eigenvalue weighted by Gasteiger charge is -2.15. The normalized spacial score (nSPS) is 13.0. The smallest absolute Gasteiger partial charge is 0.242 e. The second-order valence-electron chi connectivity index (χ2n) is 5.88. The fourth-order valence-corrected chi connectivity index (χ4v) is 4.17. The molecule has 0 aliphatic rings. The second-order valence-corrected chi connectivity index (χ2v) is 7.56. The van der Waals surface area contributed by atoms with Gasteiger partial charge in [-0.15, -0.1) is 0 Å². The number of pyridine rings is 1. The van der Waals surface area contributed by atoms with Crippen molar-refractivity contribution in [2.45, 2.75) is 30.7 Å². The van der Waals surface area contributed by atoms with Crippen molar-refractivity contribution >= 4 is 20.9 Å². The molecule has 4 nitrogen and oxygen atoms in total. The zero-order valence-corrected chi connectivity index (χ0v) is 14.3. The molecule has 0 amide bonds. The van der Waals surface area contributed by atoms with Crippen molar-refractivity contribution in [2.24, 2.45) is 0 Å². The third-order valence-corrected chi connectivity index (χ3v) is 5.57. The van der Waals surface area contributed by atoms with Crippen molar-refractivity contribution in [1.29, 1.82) is 0 Å². The summed E-state index contributed by atoms with van der Waals surface area (Å²) >= 11 is 0. The second kappa shape index (κ2) is 7.11. The van der Waals surface area contributed by atoms with Crippen LogP contribution in [0, 0.1) is 0 Å². The van der Waals surface area contributed by atoms with Gasteiger partial charge in [0.1, 0.15) is 4.90 Å². The van der Waals surface area contributed by atoms with E-state index in [-0.39, 0.29) is 10.9 Å². The van der Waals surface area contributed by atoms with Gasteiger partial charge in [-0.3, -0.25) is 4.98 Å². The first kappa shape index (κ1) is 16.6. The maximum atomic E-state index is 12.7. The topological polar surface area (TPSA) is 59.1 Å². The van der Waals surface area contributed by atoms with Crippen LogP contribution in [0.1, 0.15) is 18.9 Å². The Morgan fingerprint density at radius 1 is 1.00 bits per heavy atom. The molecule has 1 N–H and O–H groups in total. The van der Waals surface area contributed by atoms with Crippen molar-refractivity contribution in [3.05, 3.63) is 72.4 Å². The summed E-state index contributed by atoms with van der Waals surface area (Å²) in [5.74, 6) is 0. The van der Waals surface area contributed by atoms with Crippen LogP contribution < -0.4 is 4.72 Å². The Balaban J connectivity index is 1.75. The number of aromatic nitrogens is 1. The Labute approximate surface area is 142 Å². The van der Waals surface area contributed by atoms with E-state index in [1.165, 1.54) is 5.56 Å². The van der Waals surface area contributed by atoms with Gasteiger partial charge in [0.25, 0.3) is 0 Å². The minimum Gasteiger partial charge on any atom is -0.255 e. The molecule has 0 radical (unpaired) electrons. The van der Waals surface area contributed by atoms with Crippen LogP contribution in [0.15, 0.2) is 71.8 Å². The zero-order chi connectivity index (χ0) is 17.0. The number of rotatable bonds is 6. The lowest BCUT2D eigenvalue weighted by atomic mass is 10.1. The van der Waals surface area contributed by atoms with Crippen LogP contribution in [-0.4, -0.2) is 19.4 Å². The summed E-state index contributed by atoms with van der Waals surface area (Å²) in [7, 11) is -3.60. The molecule has 0 saturated carbocycles. The van der Waals surface area contributed by atoms with Crippen LogP contribution in [-0.2, 0) is 16.4 Å². The van der Waals surface area contributed by atoms with E-state index in [0.29, 0.717) is 5.52 Å². The predicted octanol–water partition coefficient (Wildman–Crippen LogP) is 3.53. The highest BCUT2D eigenvalue weighted by Gasteiger charge is 2.20. The molecule has 124 valence electrons. The summed E-state index contributed by atoms with van der Waals surface area (Å²) in [4.78, 5) is 4.46. The van der Waals surface area contributed by atoms with Gasteiger partial charge in [-0.05, 0) is 37.5 Å². The number of aryl methyl sites for hydroxylation is 1. The molecule has 24 heavy (non-hydrogen) atoms. The van der Waals surface area contributed by atoms with Crippen molar-refractivity contribution < 1.29 is 8.42 Å². The van der Waals surface area contributed by atoms with Gasteiger partial charge in [-0.25, -0.2) is 13.1 Å². The molecule has 0 spiro atoms. The van der Waals surface area contributed by atoms with Crippen molar-refractivity contribution in [2.75, 3.05) is 0 Å². The fourth-order valence-electron chi connectivity index (χ4n) is 2.71. The summed E-state index contributed by atoms with van der Waals surface area (Å²) in [5, 5.41) is 0.817. The largest absolute Gasteiger partial charge is 0.255 e. The molecule has 2 aromatic carbocycles. The summed E-state index contributed by atoms with van der Waals surface area (Å²) in [6, 6.07) is 18.8. The third kappa shape index (κ3) is 3.80. The van der Waals surface area contributed by atoms with Gasteiger partial charge in [-0.2, -0.15) is 0 Å². The zero-order valence-electron chi connectivity index (χ0n) is 13.5. The maximum Gasteiger partial charge on any atom is 0.242 e. The number of nitrogens with one attached hydrogen (secondary N) is 1. The number of hydrogen-bond acceptors (Lipinski definition) is 3. The van der Waals surface area contributed by atoms with E-state index in [4.69, 9.17) is 0 Å². The first-order chi connectivity index (χ1) is 11.6. The molecule has 1 aromatic heterocycles. The summed E-state index contributed by atoms with van der Waals surface area (Å²) in [5.41, 5.74) is 1.71. The Kier molecular flexibility index (Phi) is 4.92. The SMILES string of the molecule is CC(CCc1ccccc1)NS(=O)(=O)c1cccc2cccnc12. The molecule has 0 bridgehead atoms. The first-order valence-electron chi connectivity index (χ1n) is 7.96. The van der Waals surface area contributed by atoms with E-state index in [1.807, 2.05) is 37.3 Å². The first-order valence-corrected chi connectivity index (χ1v) is 9.44. The van der Waals surface area contributed by atoms with Crippen molar-refractivity contribution in [1.82, 2.24) is 9.71 Å². The summed E-state index contributed by atoms with van der Waals surface area (Å²) in [6.45, 7) is 1.89. The lowest BCUT2D eigenvalue weighted by Crippen LogP contribution is -2.33. The molecule has 0 fully saturated rings. The average Bonchev–Trinajstić information content (AvgIpc) is 2.60. The van der Waals surface area contributed by atoms with Gasteiger partial charge in [0.15, 0.2) is 0 Å². The highest BCUT2D eigenvalue weighted by molar-refractivity contribution is 7.89. The fraction of sp³-hybridized carbons (Fsp3) is 0.211. The molecule has 3 rings (SSSR count). The van der Waals surface area contributed by atoms with Crippen LogP contribution in [0.25, 0.3) is 10.9 Å². The summed E-state index contributed by atoms with van der Waals surface area (Å²) in [6.07, 6.45) is 3.18. The highest BCUT2D eigenvalue weighted by Crippen LogP contribution is 2.21. The standard InChI is InChI=1S/C19H20N2O2S/c1-15(12-13-16-7-3-2-4-8-16)21-24(22,23)18-11-5-9-17-10-6-14-20-19(17)18/h2-11,14-15,21H,12-13H2,1H3. The van der Waals surface area contributed by atoms with E-state index in [0.717, 1.165) is 18.2 Å². The van der Waals surface area contributed by atoms with Crippen molar-refractivity contribution in [3.8, 4) is 0 Å². The molecule has 1 heterocycles. The van der Waals surface area contributed by atoms with E-state index in [1.54, 1.807) is 24.4 Å². The predicted molar refractivity (Wildman–Crippen MR) is 96.3 cm³/mol. The van der Waals surface area contributed by atoms with Gasteiger partial charge >= 0.3 is 0 Å². The van der Waals surface area contributed by atoms with Gasteiger partial charge in [0.05, 0.1) is 5.52 Å². The Hall–Kier alpha value is -2.24. The molecular weight excluding hydrogens is 320 g/mol. The van der Waals surface area contributed by atoms with Gasteiger partial charge < -0.3 is 0 Å². The molecule has 1 unspecified atom stereocenters. The van der Waals surface area contributed by atoms with Crippen LogP contribution in [0.5, 0.6) is 0 Å². The molecule has 0 saturated heterocycles. The van der Waals surface area contributed by atoms with E-state index < -0.39 is 10.0 Å². The van der Waals surface area contributed by atoms with E-state index in [9.17, 15) is 8.42 Å². The van der Waals surface area contributed by atoms with Crippen LogP contribution in [0.4, 0.5) is 0 Å². The average molecular weight is 340 g/mol. The number of para-hydroxylation sites is 1. The Morgan fingerprint density at radius 3 is 2.54 bits per heavy atom. The van der Waals surface area contributed by atoms with E-state index >= 15 is 0 Å². The molecule has 1 atom stereocenters. The molecule has 0 aliphatic heterocycles. The molecule has 5 heteroatoms. The van der Waals surface area contributed by atoms with E-state index in [2.05, 4.69) is 21.8 Å². The van der Waals surface area contributed by atoms with Crippen LogP contribution in [0.3, 0.4) is 0 Å². The quantitative estimate of drug-likeness (QED) is 0.747. The Morgan fingerprint density at radius 2 is 1.75 bits per heavy atom. The number of sulfonamides is 1. The summed E-state index contributed by atoms with van der Waals surface area (Å²) < 4.78 is 28.2. The van der Waals surface area contributed by atoms with Crippen molar-refractivity contribution in [3.63, 3.8) is 0 Å². The third-order valence-electron chi connectivity index (χ3n) is 3.95. The minimum absolute atomic E-state index is 0.158. The highest BCUT2D eigenvalue weighted by atomic mass is 32.2. The number of benzene rings is 2. The molecule has 3 aromatic rings.